The molecule has 3 rings (SSSR count). The molecule has 19 heavy (non-hydrogen) atoms. The summed E-state index contributed by atoms with van der Waals surface area (Å²) in [5, 5.41) is 3.89. The highest BCUT2D eigenvalue weighted by Gasteiger charge is 2.17. The third-order valence-corrected chi connectivity index (χ3v) is 4.01. The molecule has 4 N–H and O–H groups in total. The van der Waals surface area contributed by atoms with E-state index in [9.17, 15) is 4.79 Å². The first-order valence-corrected chi connectivity index (χ1v) is 6.89. The number of nitrogens with two attached hydrogens (primary N) is 1. The van der Waals surface area contributed by atoms with Crippen LogP contribution >= 0.6 is 0 Å². The Balaban J connectivity index is 1.68. The third kappa shape index (κ3) is 2.43. The van der Waals surface area contributed by atoms with Gasteiger partial charge in [-0.05, 0) is 30.5 Å². The molecular weight excluding hydrogens is 238 g/mol. The Hall–Kier alpha value is -1.97. The summed E-state index contributed by atoms with van der Waals surface area (Å²) in [7, 11) is 0. The van der Waals surface area contributed by atoms with Gasteiger partial charge in [-0.3, -0.25) is 4.79 Å². The van der Waals surface area contributed by atoms with E-state index in [-0.39, 0.29) is 5.91 Å². The van der Waals surface area contributed by atoms with Crippen LogP contribution in [-0.2, 0) is 0 Å². The van der Waals surface area contributed by atoms with Gasteiger partial charge in [0.1, 0.15) is 0 Å². The quantitative estimate of drug-likeness (QED) is 0.737. The molecule has 0 spiro atoms. The van der Waals surface area contributed by atoms with Crippen molar-refractivity contribution in [2.75, 3.05) is 12.3 Å². The van der Waals surface area contributed by atoms with Gasteiger partial charge in [-0.2, -0.15) is 0 Å². The summed E-state index contributed by atoms with van der Waals surface area (Å²) in [5.74, 6) is 0.801. The van der Waals surface area contributed by atoms with Crippen molar-refractivity contribution in [2.24, 2.45) is 5.92 Å². The lowest BCUT2D eigenvalue weighted by molar-refractivity contribution is 0.0950. The van der Waals surface area contributed by atoms with Gasteiger partial charge < -0.3 is 16.0 Å². The number of nitrogens with one attached hydrogen (secondary N) is 2. The molecule has 1 amide bonds. The van der Waals surface area contributed by atoms with Gasteiger partial charge >= 0.3 is 0 Å². The molecular formula is C15H19N3O. The molecule has 2 aromatic rings. The molecule has 1 heterocycles. The van der Waals surface area contributed by atoms with Crippen molar-refractivity contribution < 1.29 is 4.79 Å². The van der Waals surface area contributed by atoms with Crippen molar-refractivity contribution in [2.45, 2.75) is 25.7 Å². The number of anilines is 1. The summed E-state index contributed by atoms with van der Waals surface area (Å²) < 4.78 is 0. The molecule has 1 fully saturated rings. The number of aromatic amines is 1. The van der Waals surface area contributed by atoms with Crippen LogP contribution in [0.4, 0.5) is 5.69 Å². The Morgan fingerprint density at radius 3 is 3.00 bits per heavy atom. The fourth-order valence-corrected chi connectivity index (χ4v) is 2.59. The summed E-state index contributed by atoms with van der Waals surface area (Å²) in [4.78, 5) is 15.2. The van der Waals surface area contributed by atoms with Crippen molar-refractivity contribution in [3.8, 4) is 0 Å². The zero-order chi connectivity index (χ0) is 13.2. The van der Waals surface area contributed by atoms with Crippen LogP contribution in [0.1, 0.15) is 36.0 Å². The highest BCUT2D eigenvalue weighted by Crippen LogP contribution is 2.28. The van der Waals surface area contributed by atoms with E-state index in [0.29, 0.717) is 11.3 Å². The molecule has 1 aromatic heterocycles. The maximum atomic E-state index is 12.1. The van der Waals surface area contributed by atoms with Gasteiger partial charge in [0.05, 0.1) is 5.56 Å². The number of carbonyl (C=O) groups excluding carboxylic acids is 1. The van der Waals surface area contributed by atoms with E-state index < -0.39 is 0 Å². The minimum atomic E-state index is -0.0174. The Bertz CT molecular complexity index is 598. The second-order valence-corrected chi connectivity index (χ2v) is 5.35. The van der Waals surface area contributed by atoms with Crippen LogP contribution in [0.3, 0.4) is 0 Å². The lowest BCUT2D eigenvalue weighted by Gasteiger charge is -2.25. The number of amides is 1. The fourth-order valence-electron chi connectivity index (χ4n) is 2.59. The molecule has 0 saturated heterocycles. The average molecular weight is 257 g/mol. The van der Waals surface area contributed by atoms with Gasteiger partial charge in [0.15, 0.2) is 0 Å². The van der Waals surface area contributed by atoms with E-state index in [1.807, 2.05) is 18.2 Å². The van der Waals surface area contributed by atoms with Gasteiger partial charge in [-0.15, -0.1) is 0 Å². The predicted octanol–water partition coefficient (Wildman–Crippen LogP) is 2.67. The summed E-state index contributed by atoms with van der Waals surface area (Å²) in [6.07, 6.45) is 6.83. The smallest absolute Gasteiger partial charge is 0.253 e. The molecule has 1 aliphatic carbocycles. The molecule has 0 bridgehead atoms. The summed E-state index contributed by atoms with van der Waals surface area (Å²) in [6, 6.07) is 5.57. The van der Waals surface area contributed by atoms with E-state index in [1.54, 1.807) is 6.20 Å². The minimum absolute atomic E-state index is 0.0174. The molecule has 1 saturated carbocycles. The van der Waals surface area contributed by atoms with E-state index in [0.717, 1.165) is 29.8 Å². The average Bonchev–Trinajstić information content (AvgIpc) is 2.75. The molecule has 0 radical (unpaired) electrons. The second-order valence-electron chi connectivity index (χ2n) is 5.35. The molecule has 1 aliphatic rings. The van der Waals surface area contributed by atoms with Crippen LogP contribution in [-0.4, -0.2) is 17.4 Å². The lowest BCUT2D eigenvalue weighted by Crippen LogP contribution is -2.27. The van der Waals surface area contributed by atoms with Crippen molar-refractivity contribution in [3.05, 3.63) is 30.0 Å². The van der Waals surface area contributed by atoms with E-state index in [1.165, 1.54) is 19.3 Å². The highest BCUT2D eigenvalue weighted by atomic mass is 16.1. The maximum Gasteiger partial charge on any atom is 0.253 e. The minimum Gasteiger partial charge on any atom is -0.399 e. The van der Waals surface area contributed by atoms with Crippen molar-refractivity contribution in [1.82, 2.24) is 10.3 Å². The Morgan fingerprint density at radius 2 is 2.26 bits per heavy atom. The molecule has 100 valence electrons. The number of hydrogen-bond donors (Lipinski definition) is 3. The topological polar surface area (TPSA) is 70.9 Å². The van der Waals surface area contributed by atoms with Gasteiger partial charge in [0.25, 0.3) is 5.91 Å². The standard InChI is InChI=1S/C15H19N3O/c16-11-4-5-14-12(8-11)13(9-18-14)15(19)17-7-6-10-2-1-3-10/h4-5,8-10,18H,1-3,6-7,16H2,(H,17,19). The third-order valence-electron chi connectivity index (χ3n) is 4.01. The molecule has 0 atom stereocenters. The van der Waals surface area contributed by atoms with Gasteiger partial charge in [-0.25, -0.2) is 0 Å². The van der Waals surface area contributed by atoms with Crippen LogP contribution in [0.2, 0.25) is 0 Å². The van der Waals surface area contributed by atoms with Gasteiger partial charge in [-0.1, -0.05) is 19.3 Å². The summed E-state index contributed by atoms with van der Waals surface area (Å²) in [6.45, 7) is 0.762. The van der Waals surface area contributed by atoms with Gasteiger partial charge in [0.2, 0.25) is 0 Å². The number of carbonyl (C=O) groups is 1. The Morgan fingerprint density at radius 1 is 1.42 bits per heavy atom. The van der Waals surface area contributed by atoms with Crippen molar-refractivity contribution in [1.29, 1.82) is 0 Å². The van der Waals surface area contributed by atoms with Crippen LogP contribution in [0.25, 0.3) is 10.9 Å². The Labute approximate surface area is 112 Å². The second kappa shape index (κ2) is 4.96. The number of hydrogen-bond acceptors (Lipinski definition) is 2. The molecule has 4 heteroatoms. The van der Waals surface area contributed by atoms with Crippen molar-refractivity contribution >= 4 is 22.5 Å². The summed E-state index contributed by atoms with van der Waals surface area (Å²) >= 11 is 0. The van der Waals surface area contributed by atoms with Crippen LogP contribution in [0.5, 0.6) is 0 Å². The molecule has 1 aromatic carbocycles. The zero-order valence-corrected chi connectivity index (χ0v) is 10.9. The van der Waals surface area contributed by atoms with E-state index in [2.05, 4.69) is 10.3 Å². The number of nitrogen functional groups attached to an aromatic ring is 1. The van der Waals surface area contributed by atoms with Crippen LogP contribution in [0.15, 0.2) is 24.4 Å². The molecule has 4 nitrogen and oxygen atoms in total. The molecule has 0 unspecified atom stereocenters. The number of rotatable bonds is 4. The monoisotopic (exact) mass is 257 g/mol. The first-order valence-electron chi connectivity index (χ1n) is 6.89. The SMILES string of the molecule is Nc1ccc2[nH]cc(C(=O)NCCC3CCC3)c2c1. The van der Waals surface area contributed by atoms with Crippen molar-refractivity contribution in [3.63, 3.8) is 0 Å². The fraction of sp³-hybridized carbons (Fsp3) is 0.400. The van der Waals surface area contributed by atoms with Crippen LogP contribution < -0.4 is 11.1 Å². The van der Waals surface area contributed by atoms with Gasteiger partial charge in [0, 0.05) is 29.3 Å². The Kier molecular flexibility index (Phi) is 3.15. The van der Waals surface area contributed by atoms with E-state index in [4.69, 9.17) is 5.73 Å². The molecule has 0 aliphatic heterocycles. The number of aromatic nitrogens is 1. The van der Waals surface area contributed by atoms with E-state index >= 15 is 0 Å². The van der Waals surface area contributed by atoms with Crippen LogP contribution in [0, 0.1) is 5.92 Å². The number of fused-ring (bicyclic) bond motifs is 1. The lowest BCUT2D eigenvalue weighted by atomic mass is 9.83. The first kappa shape index (κ1) is 12.1. The largest absolute Gasteiger partial charge is 0.399 e. The summed E-state index contributed by atoms with van der Waals surface area (Å²) in [5.41, 5.74) is 8.07. The number of benzene rings is 1. The first-order chi connectivity index (χ1) is 9.24. The normalized spacial score (nSPS) is 15.4. The predicted molar refractivity (Wildman–Crippen MR) is 77.0 cm³/mol. The zero-order valence-electron chi connectivity index (χ0n) is 10.9. The highest BCUT2D eigenvalue weighted by molar-refractivity contribution is 6.07. The maximum absolute atomic E-state index is 12.1. The number of H-pyrrole nitrogens is 1.